The minimum atomic E-state index is 0.0758. The molecule has 0 saturated carbocycles. The van der Waals surface area contributed by atoms with Crippen LogP contribution in [0.1, 0.15) is 48.0 Å². The molecule has 0 radical (unpaired) electrons. The van der Waals surface area contributed by atoms with Gasteiger partial charge in [-0.2, -0.15) is 0 Å². The summed E-state index contributed by atoms with van der Waals surface area (Å²) in [6.07, 6.45) is 1.90. The predicted molar refractivity (Wildman–Crippen MR) is 79.0 cm³/mol. The Kier molecular flexibility index (Phi) is 4.56. The van der Waals surface area contributed by atoms with Crippen LogP contribution in [0.4, 0.5) is 5.69 Å². The van der Waals surface area contributed by atoms with Crippen LogP contribution in [0, 0.1) is 6.92 Å². The molecule has 2 rings (SSSR count). The Bertz CT molecular complexity index is 585. The van der Waals surface area contributed by atoms with Crippen LogP contribution in [0.3, 0.4) is 0 Å². The number of hydrogen-bond donors (Lipinski definition) is 1. The second-order valence-electron chi connectivity index (χ2n) is 4.85. The van der Waals surface area contributed by atoms with Crippen molar-refractivity contribution in [3.05, 3.63) is 47.2 Å². The van der Waals surface area contributed by atoms with Crippen molar-refractivity contribution in [1.82, 2.24) is 4.98 Å². The summed E-state index contributed by atoms with van der Waals surface area (Å²) in [4.78, 5) is 15.6. The SMILES string of the molecule is CCCc1nc(C)c(CNc2ccc(C(C)=O)cc2)o1. The fraction of sp³-hybridized carbons (Fsp3) is 0.375. The third kappa shape index (κ3) is 3.47. The molecule has 20 heavy (non-hydrogen) atoms. The summed E-state index contributed by atoms with van der Waals surface area (Å²) >= 11 is 0. The van der Waals surface area contributed by atoms with Gasteiger partial charge >= 0.3 is 0 Å². The highest BCUT2D eigenvalue weighted by molar-refractivity contribution is 5.94. The molecule has 0 fully saturated rings. The van der Waals surface area contributed by atoms with Crippen molar-refractivity contribution in [2.45, 2.75) is 40.2 Å². The number of hydrogen-bond acceptors (Lipinski definition) is 4. The lowest BCUT2D eigenvalue weighted by Gasteiger charge is -2.05. The summed E-state index contributed by atoms with van der Waals surface area (Å²) < 4.78 is 5.71. The number of anilines is 1. The normalized spacial score (nSPS) is 10.6. The van der Waals surface area contributed by atoms with Crippen LogP contribution in [0.5, 0.6) is 0 Å². The van der Waals surface area contributed by atoms with Crippen LogP contribution >= 0.6 is 0 Å². The van der Waals surface area contributed by atoms with E-state index in [-0.39, 0.29) is 5.78 Å². The maximum Gasteiger partial charge on any atom is 0.194 e. The van der Waals surface area contributed by atoms with E-state index in [2.05, 4.69) is 17.2 Å². The molecule has 0 bridgehead atoms. The monoisotopic (exact) mass is 272 g/mol. The largest absolute Gasteiger partial charge is 0.444 e. The first-order chi connectivity index (χ1) is 9.60. The molecule has 0 aliphatic carbocycles. The molecule has 4 nitrogen and oxygen atoms in total. The molecule has 1 aromatic heterocycles. The van der Waals surface area contributed by atoms with Gasteiger partial charge in [0, 0.05) is 17.7 Å². The fourth-order valence-corrected chi connectivity index (χ4v) is 1.98. The zero-order valence-electron chi connectivity index (χ0n) is 12.2. The summed E-state index contributed by atoms with van der Waals surface area (Å²) in [5.74, 6) is 1.74. The Balaban J connectivity index is 1.99. The van der Waals surface area contributed by atoms with E-state index in [0.717, 1.165) is 41.4 Å². The third-order valence-electron chi connectivity index (χ3n) is 3.15. The molecule has 1 aromatic carbocycles. The summed E-state index contributed by atoms with van der Waals surface area (Å²) in [7, 11) is 0. The van der Waals surface area contributed by atoms with E-state index < -0.39 is 0 Å². The van der Waals surface area contributed by atoms with Crippen LogP contribution in [0.25, 0.3) is 0 Å². The van der Waals surface area contributed by atoms with E-state index in [4.69, 9.17) is 4.42 Å². The molecule has 0 spiro atoms. The van der Waals surface area contributed by atoms with Crippen molar-refractivity contribution >= 4 is 11.5 Å². The number of carbonyl (C=O) groups excluding carboxylic acids is 1. The number of oxazole rings is 1. The second-order valence-corrected chi connectivity index (χ2v) is 4.85. The zero-order valence-corrected chi connectivity index (χ0v) is 12.2. The fourth-order valence-electron chi connectivity index (χ4n) is 1.98. The van der Waals surface area contributed by atoms with Gasteiger partial charge in [-0.05, 0) is 44.5 Å². The minimum Gasteiger partial charge on any atom is -0.444 e. The van der Waals surface area contributed by atoms with Gasteiger partial charge in [-0.25, -0.2) is 4.98 Å². The van der Waals surface area contributed by atoms with Crippen LogP contribution in [0.2, 0.25) is 0 Å². The van der Waals surface area contributed by atoms with Crippen molar-refractivity contribution in [1.29, 1.82) is 0 Å². The highest BCUT2D eigenvalue weighted by atomic mass is 16.4. The Morgan fingerprint density at radius 2 is 2.00 bits per heavy atom. The average Bonchev–Trinajstić information content (AvgIpc) is 2.77. The van der Waals surface area contributed by atoms with Gasteiger partial charge in [0.15, 0.2) is 11.7 Å². The van der Waals surface area contributed by atoms with Crippen molar-refractivity contribution in [3.63, 3.8) is 0 Å². The van der Waals surface area contributed by atoms with E-state index in [0.29, 0.717) is 6.54 Å². The summed E-state index contributed by atoms with van der Waals surface area (Å²) in [5.41, 5.74) is 2.61. The van der Waals surface area contributed by atoms with Gasteiger partial charge in [-0.1, -0.05) is 6.92 Å². The lowest BCUT2D eigenvalue weighted by molar-refractivity contribution is 0.101. The molecule has 0 aliphatic heterocycles. The minimum absolute atomic E-state index is 0.0758. The molecule has 106 valence electrons. The first kappa shape index (κ1) is 14.3. The molecule has 0 unspecified atom stereocenters. The summed E-state index contributed by atoms with van der Waals surface area (Å²) in [6, 6.07) is 7.44. The molecule has 0 amide bonds. The Hall–Kier alpha value is -2.10. The van der Waals surface area contributed by atoms with E-state index >= 15 is 0 Å². The molecule has 4 heteroatoms. The average molecular weight is 272 g/mol. The number of ketones is 1. The van der Waals surface area contributed by atoms with E-state index in [1.807, 2.05) is 31.2 Å². The molecule has 1 N–H and O–H groups in total. The number of carbonyl (C=O) groups is 1. The third-order valence-corrected chi connectivity index (χ3v) is 3.15. The smallest absolute Gasteiger partial charge is 0.194 e. The van der Waals surface area contributed by atoms with Crippen LogP contribution in [-0.4, -0.2) is 10.8 Å². The van der Waals surface area contributed by atoms with E-state index in [9.17, 15) is 4.79 Å². The lowest BCUT2D eigenvalue weighted by atomic mass is 10.1. The van der Waals surface area contributed by atoms with Gasteiger partial charge in [0.1, 0.15) is 5.76 Å². The predicted octanol–water partition coefficient (Wildman–Crippen LogP) is 3.75. The van der Waals surface area contributed by atoms with Gasteiger partial charge in [-0.15, -0.1) is 0 Å². The number of benzene rings is 1. The van der Waals surface area contributed by atoms with Crippen LogP contribution in [-0.2, 0) is 13.0 Å². The van der Waals surface area contributed by atoms with Crippen molar-refractivity contribution < 1.29 is 9.21 Å². The molecule has 0 saturated heterocycles. The maximum atomic E-state index is 11.2. The summed E-state index contributed by atoms with van der Waals surface area (Å²) in [6.45, 7) is 6.23. The van der Waals surface area contributed by atoms with Gasteiger partial charge in [0.25, 0.3) is 0 Å². The van der Waals surface area contributed by atoms with Crippen molar-refractivity contribution in [2.75, 3.05) is 5.32 Å². The number of nitrogens with zero attached hydrogens (tertiary/aromatic N) is 1. The van der Waals surface area contributed by atoms with Gasteiger partial charge in [-0.3, -0.25) is 4.79 Å². The lowest BCUT2D eigenvalue weighted by Crippen LogP contribution is -2.00. The number of nitrogens with one attached hydrogen (secondary N) is 1. The van der Waals surface area contributed by atoms with Gasteiger partial charge in [0.2, 0.25) is 0 Å². The molecule has 0 atom stereocenters. The van der Waals surface area contributed by atoms with Gasteiger partial charge < -0.3 is 9.73 Å². The molecule has 2 aromatic rings. The van der Waals surface area contributed by atoms with Crippen LogP contribution < -0.4 is 5.32 Å². The standard InChI is InChI=1S/C16H20N2O2/c1-4-5-16-18-11(2)15(20-16)10-17-14-8-6-13(7-9-14)12(3)19/h6-9,17H,4-5,10H2,1-3H3. The highest BCUT2D eigenvalue weighted by Gasteiger charge is 2.08. The molecular formula is C16H20N2O2. The Labute approximate surface area is 119 Å². The van der Waals surface area contributed by atoms with Crippen molar-refractivity contribution in [2.24, 2.45) is 0 Å². The summed E-state index contributed by atoms with van der Waals surface area (Å²) in [5, 5.41) is 3.28. The first-order valence-corrected chi connectivity index (χ1v) is 6.90. The Morgan fingerprint density at radius 3 is 2.60 bits per heavy atom. The number of aromatic nitrogens is 1. The zero-order chi connectivity index (χ0) is 14.5. The van der Waals surface area contributed by atoms with Crippen LogP contribution in [0.15, 0.2) is 28.7 Å². The second kappa shape index (κ2) is 6.37. The molecule has 0 aliphatic rings. The first-order valence-electron chi connectivity index (χ1n) is 6.90. The maximum absolute atomic E-state index is 11.2. The molecular weight excluding hydrogens is 252 g/mol. The molecule has 1 heterocycles. The quantitative estimate of drug-likeness (QED) is 0.814. The van der Waals surface area contributed by atoms with Crippen molar-refractivity contribution in [3.8, 4) is 0 Å². The van der Waals surface area contributed by atoms with E-state index in [1.165, 1.54) is 0 Å². The number of Topliss-reactive ketones (excluding diaryl/α,β-unsaturated/α-hetero) is 1. The number of rotatable bonds is 6. The number of aryl methyl sites for hydroxylation is 2. The Morgan fingerprint density at radius 1 is 1.30 bits per heavy atom. The topological polar surface area (TPSA) is 55.1 Å². The highest BCUT2D eigenvalue weighted by Crippen LogP contribution is 2.15. The van der Waals surface area contributed by atoms with Gasteiger partial charge in [0.05, 0.1) is 12.2 Å². The van der Waals surface area contributed by atoms with E-state index in [1.54, 1.807) is 6.92 Å².